The molecule has 1 amide bonds. The van der Waals surface area contributed by atoms with E-state index in [0.717, 1.165) is 22.7 Å². The summed E-state index contributed by atoms with van der Waals surface area (Å²) in [7, 11) is -3.72. The monoisotopic (exact) mass is 438 g/mol. The number of anilines is 1. The highest BCUT2D eigenvalue weighted by Crippen LogP contribution is 2.32. The summed E-state index contributed by atoms with van der Waals surface area (Å²) in [5.74, 6) is -0.453. The molecule has 1 aliphatic rings. The van der Waals surface area contributed by atoms with E-state index < -0.39 is 26.9 Å². The number of aromatic nitrogens is 1. The first kappa shape index (κ1) is 18.9. The summed E-state index contributed by atoms with van der Waals surface area (Å²) in [5, 5.41) is 15.5. The summed E-state index contributed by atoms with van der Waals surface area (Å²) in [6.07, 6.45) is 1.02. The zero-order valence-corrected chi connectivity index (χ0v) is 16.7. The number of thiazole rings is 1. The molecule has 3 heterocycles. The molecule has 0 radical (unpaired) electrons. The second kappa shape index (κ2) is 7.20. The number of nitrogens with one attached hydrogen (secondary N) is 1. The van der Waals surface area contributed by atoms with Gasteiger partial charge in [0.05, 0.1) is 15.1 Å². The minimum Gasteiger partial charge on any atom is -0.301 e. The molecule has 12 heteroatoms. The van der Waals surface area contributed by atoms with Crippen molar-refractivity contribution >= 4 is 59.6 Å². The maximum atomic E-state index is 12.8. The molecule has 1 N–H and O–H groups in total. The predicted molar refractivity (Wildman–Crippen MR) is 106 cm³/mol. The summed E-state index contributed by atoms with van der Waals surface area (Å²) >= 11 is 2.22. The average molecular weight is 439 g/mol. The summed E-state index contributed by atoms with van der Waals surface area (Å²) in [6.45, 7) is 0.282. The van der Waals surface area contributed by atoms with Gasteiger partial charge < -0.3 is 5.32 Å². The van der Waals surface area contributed by atoms with E-state index in [2.05, 4.69) is 10.3 Å². The van der Waals surface area contributed by atoms with E-state index in [-0.39, 0.29) is 21.6 Å². The van der Waals surface area contributed by atoms with Crippen LogP contribution >= 0.6 is 22.7 Å². The molecular formula is C16H14N4O5S3. The van der Waals surface area contributed by atoms with Gasteiger partial charge in [-0.25, -0.2) is 13.4 Å². The average Bonchev–Trinajstić information content (AvgIpc) is 3.39. The Bertz CT molecular complexity index is 1160. The Kier molecular flexibility index (Phi) is 4.87. The SMILES string of the molecule is O=C(Nc1nc2ccc([N+](=O)[O-])cc2s1)C1CCCN1S(=O)(=O)c1cccs1. The molecule has 1 aromatic carbocycles. The molecule has 1 fully saturated rings. The number of hydrogen-bond donors (Lipinski definition) is 1. The van der Waals surface area contributed by atoms with Gasteiger partial charge in [-0.1, -0.05) is 17.4 Å². The first-order valence-electron chi connectivity index (χ1n) is 8.27. The van der Waals surface area contributed by atoms with Crippen molar-refractivity contribution in [2.24, 2.45) is 0 Å². The number of sulfonamides is 1. The van der Waals surface area contributed by atoms with Crippen LogP contribution in [0.15, 0.2) is 39.9 Å². The van der Waals surface area contributed by atoms with Crippen LogP contribution in [-0.2, 0) is 14.8 Å². The molecule has 1 unspecified atom stereocenters. The highest BCUT2D eigenvalue weighted by molar-refractivity contribution is 7.91. The van der Waals surface area contributed by atoms with Crippen LogP contribution in [0, 0.1) is 10.1 Å². The van der Waals surface area contributed by atoms with Crippen LogP contribution in [0.5, 0.6) is 0 Å². The van der Waals surface area contributed by atoms with E-state index in [4.69, 9.17) is 0 Å². The maximum Gasteiger partial charge on any atom is 0.270 e. The molecule has 0 saturated carbocycles. The van der Waals surface area contributed by atoms with Crippen molar-refractivity contribution < 1.29 is 18.1 Å². The van der Waals surface area contributed by atoms with Crippen molar-refractivity contribution in [1.29, 1.82) is 0 Å². The van der Waals surface area contributed by atoms with E-state index in [1.807, 2.05) is 0 Å². The van der Waals surface area contributed by atoms with Crippen LogP contribution in [0.25, 0.3) is 10.2 Å². The first-order chi connectivity index (χ1) is 13.4. The normalized spacial score (nSPS) is 17.8. The zero-order chi connectivity index (χ0) is 19.9. The Hall–Kier alpha value is -2.41. The van der Waals surface area contributed by atoms with Gasteiger partial charge in [0.15, 0.2) is 5.13 Å². The lowest BCUT2D eigenvalue weighted by atomic mass is 10.2. The molecular weight excluding hydrogens is 424 g/mol. The van der Waals surface area contributed by atoms with Gasteiger partial charge in [0, 0.05) is 18.7 Å². The Balaban J connectivity index is 1.56. The summed E-state index contributed by atoms with van der Waals surface area (Å²) < 4.78 is 27.6. The summed E-state index contributed by atoms with van der Waals surface area (Å²) in [4.78, 5) is 27.4. The van der Waals surface area contributed by atoms with Gasteiger partial charge in [-0.05, 0) is 30.4 Å². The van der Waals surface area contributed by atoms with Gasteiger partial charge in [0.25, 0.3) is 15.7 Å². The van der Waals surface area contributed by atoms with E-state index >= 15 is 0 Å². The van der Waals surface area contributed by atoms with E-state index in [0.29, 0.717) is 23.1 Å². The van der Waals surface area contributed by atoms with Gasteiger partial charge in [-0.15, -0.1) is 11.3 Å². The van der Waals surface area contributed by atoms with Crippen molar-refractivity contribution in [2.75, 3.05) is 11.9 Å². The van der Waals surface area contributed by atoms with Gasteiger partial charge in [-0.3, -0.25) is 14.9 Å². The van der Waals surface area contributed by atoms with Crippen LogP contribution in [0.3, 0.4) is 0 Å². The number of benzene rings is 1. The number of fused-ring (bicyclic) bond motifs is 1. The third kappa shape index (κ3) is 3.39. The molecule has 0 aliphatic carbocycles. The largest absolute Gasteiger partial charge is 0.301 e. The number of amides is 1. The van der Waals surface area contributed by atoms with Crippen molar-refractivity contribution in [2.45, 2.75) is 23.1 Å². The molecule has 1 saturated heterocycles. The fourth-order valence-electron chi connectivity index (χ4n) is 3.08. The smallest absolute Gasteiger partial charge is 0.270 e. The van der Waals surface area contributed by atoms with Gasteiger partial charge in [-0.2, -0.15) is 4.31 Å². The minimum absolute atomic E-state index is 0.0574. The Morgan fingerprint density at radius 3 is 2.89 bits per heavy atom. The predicted octanol–water partition coefficient (Wildman–Crippen LogP) is 3.06. The second-order valence-electron chi connectivity index (χ2n) is 6.12. The number of carbonyl (C=O) groups is 1. The van der Waals surface area contributed by atoms with Crippen molar-refractivity contribution in [1.82, 2.24) is 9.29 Å². The van der Waals surface area contributed by atoms with Crippen LogP contribution in [0.1, 0.15) is 12.8 Å². The van der Waals surface area contributed by atoms with Crippen LogP contribution in [0.4, 0.5) is 10.8 Å². The Labute approximate surface area is 167 Å². The van der Waals surface area contributed by atoms with Crippen LogP contribution in [0.2, 0.25) is 0 Å². The molecule has 4 rings (SSSR count). The summed E-state index contributed by atoms with van der Waals surface area (Å²) in [6, 6.07) is 6.62. The van der Waals surface area contributed by atoms with Crippen molar-refractivity contribution in [3.63, 3.8) is 0 Å². The quantitative estimate of drug-likeness (QED) is 0.482. The Morgan fingerprint density at radius 1 is 1.36 bits per heavy atom. The van der Waals surface area contributed by atoms with Gasteiger partial charge in [0.1, 0.15) is 10.3 Å². The molecule has 1 aliphatic heterocycles. The molecule has 1 atom stereocenters. The third-order valence-corrected chi connectivity index (χ3v) is 8.59. The number of nitro benzene ring substituents is 1. The van der Waals surface area contributed by atoms with Crippen LogP contribution in [-0.4, -0.2) is 41.1 Å². The highest BCUT2D eigenvalue weighted by atomic mass is 32.2. The Morgan fingerprint density at radius 2 is 2.18 bits per heavy atom. The van der Waals surface area contributed by atoms with Gasteiger partial charge in [0.2, 0.25) is 5.91 Å². The summed E-state index contributed by atoms with van der Waals surface area (Å²) in [5.41, 5.74) is 0.471. The van der Waals surface area contributed by atoms with Crippen LogP contribution < -0.4 is 5.32 Å². The topological polar surface area (TPSA) is 123 Å². The maximum absolute atomic E-state index is 12.8. The number of non-ortho nitro benzene ring substituents is 1. The number of rotatable bonds is 5. The highest BCUT2D eigenvalue weighted by Gasteiger charge is 2.40. The lowest BCUT2D eigenvalue weighted by molar-refractivity contribution is -0.384. The number of thiophene rings is 1. The van der Waals surface area contributed by atoms with Crippen molar-refractivity contribution in [3.05, 3.63) is 45.8 Å². The van der Waals surface area contributed by atoms with Gasteiger partial charge >= 0.3 is 0 Å². The number of hydrogen-bond acceptors (Lipinski definition) is 8. The number of carbonyl (C=O) groups excluding carboxylic acids is 1. The van der Waals surface area contributed by atoms with E-state index in [1.165, 1.54) is 28.6 Å². The van der Waals surface area contributed by atoms with Crippen molar-refractivity contribution in [3.8, 4) is 0 Å². The number of nitrogens with zero attached hydrogens (tertiary/aromatic N) is 3. The van der Waals surface area contributed by atoms with E-state index in [1.54, 1.807) is 11.4 Å². The fraction of sp³-hybridized carbons (Fsp3) is 0.250. The molecule has 2 aromatic heterocycles. The fourth-order valence-corrected chi connectivity index (χ4v) is 6.76. The van der Waals surface area contributed by atoms with E-state index in [9.17, 15) is 23.3 Å². The lowest BCUT2D eigenvalue weighted by Crippen LogP contribution is -2.42. The minimum atomic E-state index is -3.72. The standard InChI is InChI=1S/C16H14N4O5S3/c21-15(12-3-1-7-19(12)28(24,25)14-4-2-8-26-14)18-16-17-11-6-5-10(20(22)23)9-13(11)27-16/h2,4-6,8-9,12H,1,3,7H2,(H,17,18,21). The first-order valence-corrected chi connectivity index (χ1v) is 11.4. The molecule has 3 aromatic rings. The molecule has 0 bridgehead atoms. The molecule has 9 nitrogen and oxygen atoms in total. The molecule has 28 heavy (non-hydrogen) atoms. The third-order valence-electron chi connectivity index (χ3n) is 4.38. The number of nitro groups is 1. The molecule has 0 spiro atoms. The lowest BCUT2D eigenvalue weighted by Gasteiger charge is -2.22. The molecule has 146 valence electrons. The zero-order valence-electron chi connectivity index (χ0n) is 14.3. The second-order valence-corrected chi connectivity index (χ2v) is 10.2.